The molecule has 0 heterocycles. The second kappa shape index (κ2) is 9.15. The van der Waals surface area contributed by atoms with Crippen LogP contribution in [0.15, 0.2) is 24.3 Å². The molecule has 1 aliphatic rings. The third-order valence-electron chi connectivity index (χ3n) is 4.21. The first kappa shape index (κ1) is 18.9. The number of benzene rings is 1. The third kappa shape index (κ3) is 6.17. The van der Waals surface area contributed by atoms with Gasteiger partial charge in [0.15, 0.2) is 6.61 Å². The first-order chi connectivity index (χ1) is 12.0. The van der Waals surface area contributed by atoms with Crippen LogP contribution in [0, 0.1) is 11.7 Å². The van der Waals surface area contributed by atoms with Crippen molar-refractivity contribution in [1.82, 2.24) is 4.90 Å². The average molecular weight is 350 g/mol. The van der Waals surface area contributed by atoms with Gasteiger partial charge in [-0.05, 0) is 37.1 Å². The van der Waals surface area contributed by atoms with E-state index in [1.165, 1.54) is 36.2 Å². The number of nitrogens with zero attached hydrogens (tertiary/aromatic N) is 1. The molecule has 2 rings (SSSR count). The lowest BCUT2D eigenvalue weighted by Crippen LogP contribution is -2.38. The number of ether oxygens (including phenoxy) is 1. The van der Waals surface area contributed by atoms with E-state index in [1.807, 2.05) is 0 Å². The standard InChI is InChI=1S/C18H23FN2O4/c1-21(11-16(22)20-15-9-7-14(19)8-10-15)17(23)12-25-18(24)13-5-3-2-4-6-13/h7-10,13H,2-6,11-12H2,1H3,(H,20,22). The van der Waals surface area contributed by atoms with Gasteiger partial charge in [-0.1, -0.05) is 19.3 Å². The highest BCUT2D eigenvalue weighted by Gasteiger charge is 2.24. The Morgan fingerprint density at radius 2 is 1.80 bits per heavy atom. The van der Waals surface area contributed by atoms with Gasteiger partial charge in [0.05, 0.1) is 12.5 Å². The van der Waals surface area contributed by atoms with Crippen molar-refractivity contribution >= 4 is 23.5 Å². The Bertz CT molecular complexity index is 612. The second-order valence-corrected chi connectivity index (χ2v) is 6.25. The number of esters is 1. The maximum Gasteiger partial charge on any atom is 0.309 e. The molecule has 1 aliphatic carbocycles. The second-order valence-electron chi connectivity index (χ2n) is 6.25. The van der Waals surface area contributed by atoms with Crippen LogP contribution in [0.2, 0.25) is 0 Å². The number of amides is 2. The minimum absolute atomic E-state index is 0.117. The molecule has 136 valence electrons. The normalized spacial score (nSPS) is 14.6. The Hall–Kier alpha value is -2.44. The number of carbonyl (C=O) groups is 3. The molecule has 1 aromatic rings. The fourth-order valence-electron chi connectivity index (χ4n) is 2.74. The molecule has 1 aromatic carbocycles. The van der Waals surface area contributed by atoms with Crippen molar-refractivity contribution in [3.8, 4) is 0 Å². The van der Waals surface area contributed by atoms with Crippen LogP contribution >= 0.6 is 0 Å². The maximum atomic E-state index is 12.8. The predicted molar refractivity (Wildman–Crippen MR) is 90.2 cm³/mol. The summed E-state index contributed by atoms with van der Waals surface area (Å²) in [5, 5.41) is 2.56. The number of hydrogen-bond donors (Lipinski definition) is 1. The molecule has 1 N–H and O–H groups in total. The number of nitrogens with one attached hydrogen (secondary N) is 1. The van der Waals surface area contributed by atoms with Gasteiger partial charge < -0.3 is 15.0 Å². The zero-order valence-electron chi connectivity index (χ0n) is 14.3. The highest BCUT2D eigenvalue weighted by Crippen LogP contribution is 2.24. The predicted octanol–water partition coefficient (Wildman–Crippen LogP) is 2.35. The Morgan fingerprint density at radius 1 is 1.16 bits per heavy atom. The van der Waals surface area contributed by atoms with Crippen LogP contribution in [-0.4, -0.2) is 42.9 Å². The van der Waals surface area contributed by atoms with Gasteiger partial charge in [0.2, 0.25) is 5.91 Å². The minimum Gasteiger partial charge on any atom is -0.455 e. The van der Waals surface area contributed by atoms with Gasteiger partial charge in [0.1, 0.15) is 5.82 Å². The number of hydrogen-bond acceptors (Lipinski definition) is 4. The summed E-state index contributed by atoms with van der Waals surface area (Å²) in [4.78, 5) is 37.0. The lowest BCUT2D eigenvalue weighted by Gasteiger charge is -2.21. The van der Waals surface area contributed by atoms with Crippen LogP contribution in [0.4, 0.5) is 10.1 Å². The van der Waals surface area contributed by atoms with E-state index in [4.69, 9.17) is 4.74 Å². The first-order valence-electron chi connectivity index (χ1n) is 8.41. The van der Waals surface area contributed by atoms with Crippen LogP contribution in [0.5, 0.6) is 0 Å². The van der Waals surface area contributed by atoms with E-state index in [9.17, 15) is 18.8 Å². The molecule has 0 bridgehead atoms. The van der Waals surface area contributed by atoms with Gasteiger partial charge in [0.25, 0.3) is 5.91 Å². The molecular weight excluding hydrogens is 327 g/mol. The van der Waals surface area contributed by atoms with E-state index >= 15 is 0 Å². The van der Waals surface area contributed by atoms with Gasteiger partial charge >= 0.3 is 5.97 Å². The molecule has 6 nitrogen and oxygen atoms in total. The fraction of sp³-hybridized carbons (Fsp3) is 0.500. The van der Waals surface area contributed by atoms with Crippen molar-refractivity contribution in [3.63, 3.8) is 0 Å². The van der Waals surface area contributed by atoms with Crippen molar-refractivity contribution in [2.24, 2.45) is 5.92 Å². The molecule has 0 radical (unpaired) electrons. The molecule has 1 fully saturated rings. The van der Waals surface area contributed by atoms with E-state index in [2.05, 4.69) is 5.32 Å². The van der Waals surface area contributed by atoms with Gasteiger partial charge in [-0.2, -0.15) is 0 Å². The molecule has 1 saturated carbocycles. The lowest BCUT2D eigenvalue weighted by molar-refractivity contribution is -0.156. The molecule has 0 atom stereocenters. The summed E-state index contributed by atoms with van der Waals surface area (Å²) in [6.07, 6.45) is 4.77. The van der Waals surface area contributed by atoms with Crippen molar-refractivity contribution < 1.29 is 23.5 Å². The van der Waals surface area contributed by atoms with E-state index < -0.39 is 17.6 Å². The largest absolute Gasteiger partial charge is 0.455 e. The van der Waals surface area contributed by atoms with Crippen LogP contribution in [-0.2, 0) is 19.1 Å². The summed E-state index contributed by atoms with van der Waals surface area (Å²) in [7, 11) is 1.46. The fourth-order valence-corrected chi connectivity index (χ4v) is 2.74. The summed E-state index contributed by atoms with van der Waals surface area (Å²) in [5.41, 5.74) is 0.441. The van der Waals surface area contributed by atoms with E-state index in [0.717, 1.165) is 32.1 Å². The molecule has 7 heteroatoms. The Labute approximate surface area is 146 Å². The monoisotopic (exact) mass is 350 g/mol. The molecule has 25 heavy (non-hydrogen) atoms. The minimum atomic E-state index is -0.446. The quantitative estimate of drug-likeness (QED) is 0.799. The SMILES string of the molecule is CN(CC(=O)Nc1ccc(F)cc1)C(=O)COC(=O)C1CCCCC1. The maximum absolute atomic E-state index is 12.8. The summed E-state index contributed by atoms with van der Waals surface area (Å²) in [6.45, 7) is -0.549. The number of halogens is 1. The molecule has 0 unspecified atom stereocenters. The van der Waals surface area contributed by atoms with Crippen LogP contribution < -0.4 is 5.32 Å². The van der Waals surface area contributed by atoms with E-state index in [-0.39, 0.29) is 25.0 Å². The number of carbonyl (C=O) groups excluding carboxylic acids is 3. The number of anilines is 1. The number of likely N-dealkylation sites (N-methyl/N-ethyl adjacent to an activating group) is 1. The summed E-state index contributed by atoms with van der Waals surface area (Å²) in [5.74, 6) is -1.71. The Kier molecular flexibility index (Phi) is 6.91. The van der Waals surface area contributed by atoms with Crippen LogP contribution in [0.1, 0.15) is 32.1 Å². The summed E-state index contributed by atoms with van der Waals surface area (Å²) >= 11 is 0. The Morgan fingerprint density at radius 3 is 2.44 bits per heavy atom. The highest BCUT2D eigenvalue weighted by molar-refractivity contribution is 5.94. The number of rotatable bonds is 6. The van der Waals surface area contributed by atoms with E-state index in [0.29, 0.717) is 5.69 Å². The van der Waals surface area contributed by atoms with Crippen molar-refractivity contribution in [2.45, 2.75) is 32.1 Å². The molecule has 0 aromatic heterocycles. The molecule has 0 spiro atoms. The topological polar surface area (TPSA) is 75.7 Å². The van der Waals surface area contributed by atoms with Gasteiger partial charge in [-0.25, -0.2) is 4.39 Å². The molecular formula is C18H23FN2O4. The first-order valence-corrected chi connectivity index (χ1v) is 8.41. The summed E-state index contributed by atoms with van der Waals surface area (Å²) in [6, 6.07) is 5.33. The molecule has 0 saturated heterocycles. The zero-order chi connectivity index (χ0) is 18.2. The third-order valence-corrected chi connectivity index (χ3v) is 4.21. The van der Waals surface area contributed by atoms with Gasteiger partial charge in [0, 0.05) is 12.7 Å². The highest BCUT2D eigenvalue weighted by atomic mass is 19.1. The zero-order valence-corrected chi connectivity index (χ0v) is 14.3. The van der Waals surface area contributed by atoms with Crippen molar-refractivity contribution in [3.05, 3.63) is 30.1 Å². The molecule has 2 amide bonds. The van der Waals surface area contributed by atoms with Crippen molar-refractivity contribution in [1.29, 1.82) is 0 Å². The Balaban J connectivity index is 1.72. The molecule has 0 aliphatic heterocycles. The van der Waals surface area contributed by atoms with E-state index in [1.54, 1.807) is 0 Å². The van der Waals surface area contributed by atoms with Crippen LogP contribution in [0.25, 0.3) is 0 Å². The van der Waals surface area contributed by atoms with Gasteiger partial charge in [-0.15, -0.1) is 0 Å². The summed E-state index contributed by atoms with van der Waals surface area (Å²) < 4.78 is 17.9. The lowest BCUT2D eigenvalue weighted by atomic mass is 9.89. The van der Waals surface area contributed by atoms with Crippen molar-refractivity contribution in [2.75, 3.05) is 25.5 Å². The van der Waals surface area contributed by atoms with Crippen LogP contribution in [0.3, 0.4) is 0 Å². The average Bonchev–Trinajstić information content (AvgIpc) is 2.62. The van der Waals surface area contributed by atoms with Gasteiger partial charge in [-0.3, -0.25) is 14.4 Å². The smallest absolute Gasteiger partial charge is 0.309 e.